The molecule has 0 heterocycles. The van der Waals surface area contributed by atoms with Crippen molar-refractivity contribution in [3.05, 3.63) is 0 Å². The van der Waals surface area contributed by atoms with Crippen LogP contribution in [0.2, 0.25) is 0 Å². The SMILES string of the molecule is NCCNCCN(NCCN)NCCO. The summed E-state index contributed by atoms with van der Waals surface area (Å²) in [6.45, 7) is 4.96. The lowest BCUT2D eigenvalue weighted by Crippen LogP contribution is -2.52. The summed E-state index contributed by atoms with van der Waals surface area (Å²) in [5.41, 5.74) is 16.9. The number of hydrogen-bond donors (Lipinski definition) is 6. The first-order valence-corrected chi connectivity index (χ1v) is 5.31. The van der Waals surface area contributed by atoms with Gasteiger partial charge in [0.15, 0.2) is 0 Å². The lowest BCUT2D eigenvalue weighted by atomic mass is 10.5. The third-order valence-corrected chi connectivity index (χ3v) is 1.69. The fourth-order valence-corrected chi connectivity index (χ4v) is 1.02. The number of hydrazine groups is 2. The molecule has 7 nitrogen and oxygen atoms in total. The molecule has 92 valence electrons. The first kappa shape index (κ1) is 14.7. The van der Waals surface area contributed by atoms with E-state index in [4.69, 9.17) is 16.6 Å². The molecule has 0 aliphatic rings. The van der Waals surface area contributed by atoms with Crippen molar-refractivity contribution in [2.75, 3.05) is 52.4 Å². The molecule has 0 radical (unpaired) electrons. The minimum absolute atomic E-state index is 0.108. The van der Waals surface area contributed by atoms with Gasteiger partial charge in [-0.15, -0.1) is 0 Å². The second kappa shape index (κ2) is 11.8. The van der Waals surface area contributed by atoms with Crippen molar-refractivity contribution >= 4 is 0 Å². The second-order valence-electron chi connectivity index (χ2n) is 3.02. The smallest absolute Gasteiger partial charge is 0.0570 e. The molecule has 0 bridgehead atoms. The van der Waals surface area contributed by atoms with Crippen molar-refractivity contribution in [2.24, 2.45) is 11.5 Å². The summed E-state index contributed by atoms with van der Waals surface area (Å²) >= 11 is 0. The maximum atomic E-state index is 8.68. The van der Waals surface area contributed by atoms with E-state index in [2.05, 4.69) is 16.2 Å². The first-order chi connectivity index (χ1) is 7.35. The number of hydrogen-bond acceptors (Lipinski definition) is 7. The summed E-state index contributed by atoms with van der Waals surface area (Å²) in [5.74, 6) is 0. The van der Waals surface area contributed by atoms with Gasteiger partial charge in [-0.1, -0.05) is 0 Å². The van der Waals surface area contributed by atoms with Crippen LogP contribution >= 0.6 is 0 Å². The molecule has 0 aromatic heterocycles. The Morgan fingerprint density at radius 1 is 0.933 bits per heavy atom. The van der Waals surface area contributed by atoms with Crippen LogP contribution in [-0.2, 0) is 0 Å². The van der Waals surface area contributed by atoms with Gasteiger partial charge in [0.1, 0.15) is 0 Å². The lowest BCUT2D eigenvalue weighted by molar-refractivity contribution is 0.104. The minimum atomic E-state index is 0.108. The van der Waals surface area contributed by atoms with Gasteiger partial charge < -0.3 is 21.9 Å². The molecular weight excluding hydrogens is 196 g/mol. The van der Waals surface area contributed by atoms with Gasteiger partial charge in [-0.3, -0.25) is 0 Å². The number of nitrogens with zero attached hydrogens (tertiary/aromatic N) is 1. The van der Waals surface area contributed by atoms with Crippen LogP contribution in [0.4, 0.5) is 0 Å². The van der Waals surface area contributed by atoms with Crippen molar-refractivity contribution in [3.8, 4) is 0 Å². The van der Waals surface area contributed by atoms with E-state index in [1.807, 2.05) is 5.12 Å². The number of aliphatic hydroxyl groups excluding tert-OH is 1. The monoisotopic (exact) mass is 220 g/mol. The van der Waals surface area contributed by atoms with Crippen LogP contribution in [0, 0.1) is 0 Å². The largest absolute Gasteiger partial charge is 0.395 e. The highest BCUT2D eigenvalue weighted by molar-refractivity contribution is 4.53. The third kappa shape index (κ3) is 10.0. The topological polar surface area (TPSA) is 112 Å². The number of aliphatic hydroxyl groups is 1. The molecule has 7 heteroatoms. The molecule has 0 aromatic rings. The van der Waals surface area contributed by atoms with Gasteiger partial charge in [-0.25, -0.2) is 10.9 Å². The Morgan fingerprint density at radius 3 is 2.20 bits per heavy atom. The highest BCUT2D eigenvalue weighted by Crippen LogP contribution is 1.74. The van der Waals surface area contributed by atoms with Gasteiger partial charge in [-0.05, 0) is 0 Å². The molecule has 0 fully saturated rings. The molecule has 15 heavy (non-hydrogen) atoms. The number of nitrogens with one attached hydrogen (secondary N) is 3. The van der Waals surface area contributed by atoms with Gasteiger partial charge >= 0.3 is 0 Å². The van der Waals surface area contributed by atoms with E-state index in [1.54, 1.807) is 0 Å². The Hall–Kier alpha value is -0.280. The van der Waals surface area contributed by atoms with E-state index in [9.17, 15) is 0 Å². The molecule has 0 aromatic carbocycles. The highest BCUT2D eigenvalue weighted by atomic mass is 16.3. The Bertz CT molecular complexity index is 118. The lowest BCUT2D eigenvalue weighted by Gasteiger charge is -2.23. The molecule has 0 atom stereocenters. The summed E-state index contributed by atoms with van der Waals surface area (Å²) in [4.78, 5) is 0. The molecular formula is C8H24N6O. The van der Waals surface area contributed by atoms with Crippen LogP contribution in [0.15, 0.2) is 0 Å². The molecule has 0 unspecified atom stereocenters. The maximum Gasteiger partial charge on any atom is 0.0570 e. The van der Waals surface area contributed by atoms with Gasteiger partial charge in [0.05, 0.1) is 6.61 Å². The van der Waals surface area contributed by atoms with Gasteiger partial charge in [0.25, 0.3) is 0 Å². The summed E-state index contributed by atoms with van der Waals surface area (Å²) in [7, 11) is 0. The second-order valence-corrected chi connectivity index (χ2v) is 3.02. The summed E-state index contributed by atoms with van der Waals surface area (Å²) in [6.07, 6.45) is 0. The fourth-order valence-electron chi connectivity index (χ4n) is 1.02. The quantitative estimate of drug-likeness (QED) is 0.161. The molecule has 8 N–H and O–H groups in total. The third-order valence-electron chi connectivity index (χ3n) is 1.69. The summed E-state index contributed by atoms with van der Waals surface area (Å²) in [6, 6.07) is 0. The average molecular weight is 220 g/mol. The molecule has 0 saturated carbocycles. The Labute approximate surface area is 91.1 Å². The standard InChI is InChI=1S/C8H24N6O/c9-1-3-11-5-7-14(12-4-2-10)13-6-8-15/h11-13,15H,1-10H2. The Morgan fingerprint density at radius 2 is 1.60 bits per heavy atom. The predicted molar refractivity (Wildman–Crippen MR) is 60.8 cm³/mol. The van der Waals surface area contributed by atoms with Crippen molar-refractivity contribution in [1.82, 2.24) is 21.3 Å². The fraction of sp³-hybridized carbons (Fsp3) is 1.00. The Balaban J connectivity index is 3.49. The number of nitrogens with two attached hydrogens (primary N) is 2. The molecule has 0 rings (SSSR count). The van der Waals surface area contributed by atoms with Crippen molar-refractivity contribution in [3.63, 3.8) is 0 Å². The summed E-state index contributed by atoms with van der Waals surface area (Å²) in [5, 5.41) is 13.7. The van der Waals surface area contributed by atoms with Crippen molar-refractivity contribution < 1.29 is 5.11 Å². The molecule has 0 spiro atoms. The average Bonchev–Trinajstić information content (AvgIpc) is 2.27. The highest BCUT2D eigenvalue weighted by Gasteiger charge is 2.01. The molecule has 0 aliphatic heterocycles. The van der Waals surface area contributed by atoms with Crippen LogP contribution in [0.25, 0.3) is 0 Å². The minimum Gasteiger partial charge on any atom is -0.395 e. The van der Waals surface area contributed by atoms with E-state index in [1.165, 1.54) is 0 Å². The zero-order valence-electron chi connectivity index (χ0n) is 9.21. The van der Waals surface area contributed by atoms with Gasteiger partial charge in [0.2, 0.25) is 0 Å². The normalized spacial score (nSPS) is 11.2. The summed E-state index contributed by atoms with van der Waals surface area (Å²) < 4.78 is 0. The van der Waals surface area contributed by atoms with Crippen LogP contribution in [0.1, 0.15) is 0 Å². The van der Waals surface area contributed by atoms with Gasteiger partial charge in [-0.2, -0.15) is 5.12 Å². The van der Waals surface area contributed by atoms with Crippen LogP contribution in [0.5, 0.6) is 0 Å². The van der Waals surface area contributed by atoms with E-state index in [0.717, 1.165) is 19.6 Å². The van der Waals surface area contributed by atoms with E-state index in [0.29, 0.717) is 26.2 Å². The Kier molecular flexibility index (Phi) is 11.6. The van der Waals surface area contributed by atoms with Crippen LogP contribution in [-0.4, -0.2) is 62.6 Å². The number of rotatable bonds is 11. The zero-order chi connectivity index (χ0) is 11.4. The maximum absolute atomic E-state index is 8.68. The van der Waals surface area contributed by atoms with E-state index >= 15 is 0 Å². The van der Waals surface area contributed by atoms with E-state index < -0.39 is 0 Å². The van der Waals surface area contributed by atoms with E-state index in [-0.39, 0.29) is 6.61 Å². The van der Waals surface area contributed by atoms with Crippen LogP contribution in [0.3, 0.4) is 0 Å². The van der Waals surface area contributed by atoms with Crippen LogP contribution < -0.4 is 27.6 Å². The molecule has 0 amide bonds. The zero-order valence-corrected chi connectivity index (χ0v) is 9.21. The molecule has 0 saturated heterocycles. The van der Waals surface area contributed by atoms with Crippen molar-refractivity contribution in [1.29, 1.82) is 0 Å². The van der Waals surface area contributed by atoms with Gasteiger partial charge in [0, 0.05) is 45.8 Å². The first-order valence-electron chi connectivity index (χ1n) is 5.31. The van der Waals surface area contributed by atoms with Crippen molar-refractivity contribution in [2.45, 2.75) is 0 Å². The predicted octanol–water partition coefficient (Wildman–Crippen LogP) is -3.20. The molecule has 0 aliphatic carbocycles.